The molecule has 36 heavy (non-hydrogen) atoms. The van der Waals surface area contributed by atoms with Gasteiger partial charge in [-0.1, -0.05) is 0 Å². The topological polar surface area (TPSA) is 146 Å². The van der Waals surface area contributed by atoms with E-state index in [1.807, 2.05) is 0 Å². The minimum Gasteiger partial charge on any atom is -0.482 e. The highest BCUT2D eigenvalue weighted by Gasteiger charge is 2.44. The summed E-state index contributed by atoms with van der Waals surface area (Å²) in [4.78, 5) is 10.8. The van der Waals surface area contributed by atoms with Crippen molar-refractivity contribution in [3.63, 3.8) is 0 Å². The summed E-state index contributed by atoms with van der Waals surface area (Å²) in [5, 5.41) is 19.5. The Hall–Kier alpha value is -3.42. The molecular formula is C23H23FN6O4S2. The molecule has 1 saturated heterocycles. The Morgan fingerprint density at radius 2 is 2.03 bits per heavy atom. The van der Waals surface area contributed by atoms with Crippen LogP contribution in [-0.4, -0.2) is 50.0 Å². The van der Waals surface area contributed by atoms with Gasteiger partial charge in [0, 0.05) is 17.3 Å². The SMILES string of the molecule is Cc1nc(C2(O)CCS(=O)(=O)C2)sc1-c1cnc(N)c(O[C@H](C)c2cc(F)ccc2-n2nccn2)c1. The van der Waals surface area contributed by atoms with Gasteiger partial charge in [0.05, 0.1) is 40.2 Å². The van der Waals surface area contributed by atoms with Gasteiger partial charge < -0.3 is 15.6 Å². The normalized spacial score (nSPS) is 19.9. The average molecular weight is 531 g/mol. The van der Waals surface area contributed by atoms with E-state index < -0.39 is 27.4 Å². The van der Waals surface area contributed by atoms with E-state index in [9.17, 15) is 17.9 Å². The minimum absolute atomic E-state index is 0.0765. The third kappa shape index (κ3) is 4.56. The van der Waals surface area contributed by atoms with Gasteiger partial charge in [0.15, 0.2) is 21.4 Å². The van der Waals surface area contributed by atoms with Gasteiger partial charge in [0.1, 0.15) is 22.5 Å². The highest BCUT2D eigenvalue weighted by atomic mass is 32.2. The molecule has 3 N–H and O–H groups in total. The Morgan fingerprint density at radius 1 is 1.28 bits per heavy atom. The molecule has 0 aliphatic carbocycles. The smallest absolute Gasteiger partial charge is 0.166 e. The van der Waals surface area contributed by atoms with Crippen molar-refractivity contribution in [3.05, 3.63) is 64.9 Å². The number of nitrogen functional groups attached to an aromatic ring is 1. The number of pyridine rings is 1. The zero-order valence-electron chi connectivity index (χ0n) is 19.4. The van der Waals surface area contributed by atoms with E-state index in [0.717, 1.165) is 0 Å². The Labute approximate surface area is 210 Å². The molecule has 1 aliphatic heterocycles. The van der Waals surface area contributed by atoms with Crippen LogP contribution in [0.25, 0.3) is 16.1 Å². The first-order valence-corrected chi connectivity index (χ1v) is 13.7. The Bertz CT molecular complexity index is 1540. The van der Waals surface area contributed by atoms with Crippen LogP contribution in [0.15, 0.2) is 42.9 Å². The van der Waals surface area contributed by atoms with Crippen molar-refractivity contribution >= 4 is 27.0 Å². The molecule has 4 heterocycles. The molecule has 1 aromatic carbocycles. The standard InChI is InChI=1S/C23H23FN6O4S2/c1-13-20(35-22(29-13)23(31)5-8-36(32,33)12-23)15-9-19(21(25)26-11-15)34-14(2)17-10-16(24)3-4-18(17)30-27-6-7-28-30/h3-4,6-7,9-11,14,31H,5,8,12H2,1-2H3,(H2,25,26)/t14-,23?/m1/s1. The lowest BCUT2D eigenvalue weighted by Crippen LogP contribution is -2.26. The molecule has 0 spiro atoms. The van der Waals surface area contributed by atoms with Gasteiger partial charge in [-0.25, -0.2) is 22.8 Å². The summed E-state index contributed by atoms with van der Waals surface area (Å²) >= 11 is 1.21. The second kappa shape index (κ2) is 8.91. The molecule has 4 aromatic rings. The van der Waals surface area contributed by atoms with Crippen molar-refractivity contribution in [2.24, 2.45) is 0 Å². The van der Waals surface area contributed by atoms with Gasteiger partial charge in [-0.3, -0.25) is 0 Å². The van der Waals surface area contributed by atoms with Crippen molar-refractivity contribution in [1.82, 2.24) is 25.0 Å². The number of halogens is 1. The Kier molecular flexibility index (Phi) is 6.01. The monoisotopic (exact) mass is 530 g/mol. The van der Waals surface area contributed by atoms with E-state index in [0.29, 0.717) is 32.4 Å². The summed E-state index contributed by atoms with van der Waals surface area (Å²) in [6.45, 7) is 3.53. The number of benzene rings is 1. The molecule has 3 aromatic heterocycles. The number of aryl methyl sites for hydroxylation is 1. The fourth-order valence-corrected chi connectivity index (χ4v) is 7.22. The van der Waals surface area contributed by atoms with Gasteiger partial charge in [-0.15, -0.1) is 11.3 Å². The molecule has 13 heteroatoms. The number of rotatable bonds is 6. The summed E-state index contributed by atoms with van der Waals surface area (Å²) in [6, 6.07) is 5.94. The van der Waals surface area contributed by atoms with Crippen molar-refractivity contribution in [2.45, 2.75) is 32.0 Å². The molecule has 2 atom stereocenters. The van der Waals surface area contributed by atoms with E-state index in [1.165, 1.54) is 40.7 Å². The summed E-state index contributed by atoms with van der Waals surface area (Å²) < 4.78 is 44.1. The van der Waals surface area contributed by atoms with Crippen molar-refractivity contribution in [2.75, 3.05) is 17.2 Å². The molecule has 0 amide bonds. The molecule has 5 rings (SSSR count). The van der Waals surface area contributed by atoms with E-state index in [1.54, 1.807) is 32.2 Å². The van der Waals surface area contributed by atoms with Crippen LogP contribution in [0.4, 0.5) is 10.2 Å². The second-order valence-electron chi connectivity index (χ2n) is 8.70. The maximum Gasteiger partial charge on any atom is 0.166 e. The average Bonchev–Trinajstić information content (AvgIpc) is 3.55. The number of nitrogens with zero attached hydrogens (tertiary/aromatic N) is 5. The maximum absolute atomic E-state index is 14.1. The van der Waals surface area contributed by atoms with E-state index in [2.05, 4.69) is 20.2 Å². The number of aliphatic hydroxyl groups is 1. The first kappa shape index (κ1) is 24.3. The molecule has 1 fully saturated rings. The first-order valence-electron chi connectivity index (χ1n) is 11.0. The van der Waals surface area contributed by atoms with Crippen LogP contribution in [0.1, 0.15) is 35.7 Å². The van der Waals surface area contributed by atoms with Crippen LogP contribution in [0.5, 0.6) is 5.75 Å². The van der Waals surface area contributed by atoms with Crippen LogP contribution in [0.2, 0.25) is 0 Å². The first-order chi connectivity index (χ1) is 17.0. The molecule has 0 radical (unpaired) electrons. The number of hydrogen-bond donors (Lipinski definition) is 2. The van der Waals surface area contributed by atoms with Crippen LogP contribution >= 0.6 is 11.3 Å². The number of sulfone groups is 1. The number of thiazole rings is 1. The van der Waals surface area contributed by atoms with Gasteiger partial charge >= 0.3 is 0 Å². The third-order valence-electron chi connectivity index (χ3n) is 5.99. The van der Waals surface area contributed by atoms with Crippen LogP contribution in [0.3, 0.4) is 0 Å². The van der Waals surface area contributed by atoms with Gasteiger partial charge in [-0.2, -0.15) is 15.0 Å². The van der Waals surface area contributed by atoms with Gasteiger partial charge in [0.2, 0.25) is 0 Å². The third-order valence-corrected chi connectivity index (χ3v) is 9.13. The molecule has 0 bridgehead atoms. The summed E-state index contributed by atoms with van der Waals surface area (Å²) in [5.74, 6) is -0.439. The van der Waals surface area contributed by atoms with Crippen molar-refractivity contribution < 1.29 is 22.7 Å². The molecule has 10 nitrogen and oxygen atoms in total. The van der Waals surface area contributed by atoms with E-state index >= 15 is 0 Å². The molecule has 1 unspecified atom stereocenters. The Balaban J connectivity index is 1.46. The fourth-order valence-electron chi connectivity index (χ4n) is 4.17. The maximum atomic E-state index is 14.1. The van der Waals surface area contributed by atoms with Gasteiger partial charge in [0.25, 0.3) is 0 Å². The van der Waals surface area contributed by atoms with E-state index in [4.69, 9.17) is 10.5 Å². The second-order valence-corrected chi connectivity index (χ2v) is 11.9. The molecule has 0 saturated carbocycles. The zero-order chi connectivity index (χ0) is 25.7. The minimum atomic E-state index is -3.32. The summed E-state index contributed by atoms with van der Waals surface area (Å²) in [5.41, 5.74) is 6.92. The highest BCUT2D eigenvalue weighted by molar-refractivity contribution is 7.91. The number of aromatic nitrogens is 5. The Morgan fingerprint density at radius 3 is 2.72 bits per heavy atom. The predicted octanol–water partition coefficient (Wildman–Crippen LogP) is 2.96. The molecule has 188 valence electrons. The molecular weight excluding hydrogens is 507 g/mol. The lowest BCUT2D eigenvalue weighted by atomic mass is 10.1. The van der Waals surface area contributed by atoms with Crippen LogP contribution in [0, 0.1) is 12.7 Å². The quantitative estimate of drug-likeness (QED) is 0.384. The lowest BCUT2D eigenvalue weighted by molar-refractivity contribution is 0.0649. The fraction of sp³-hybridized carbons (Fsp3) is 0.304. The number of nitrogens with two attached hydrogens (primary N) is 1. The summed E-state index contributed by atoms with van der Waals surface area (Å²) in [6.07, 6.45) is 4.08. The number of anilines is 1. The van der Waals surface area contributed by atoms with Crippen LogP contribution in [-0.2, 0) is 15.4 Å². The van der Waals surface area contributed by atoms with Crippen molar-refractivity contribution in [1.29, 1.82) is 0 Å². The van der Waals surface area contributed by atoms with Gasteiger partial charge in [-0.05, 0) is 44.5 Å². The molecule has 1 aliphatic rings. The zero-order valence-corrected chi connectivity index (χ0v) is 21.1. The lowest BCUT2D eigenvalue weighted by Gasteiger charge is -2.19. The van der Waals surface area contributed by atoms with Crippen LogP contribution < -0.4 is 10.5 Å². The summed E-state index contributed by atoms with van der Waals surface area (Å²) in [7, 11) is -3.32. The van der Waals surface area contributed by atoms with E-state index in [-0.39, 0.29) is 29.5 Å². The number of hydrogen-bond acceptors (Lipinski definition) is 10. The predicted molar refractivity (Wildman–Crippen MR) is 132 cm³/mol. The highest BCUT2D eigenvalue weighted by Crippen LogP contribution is 2.41. The number of ether oxygens (including phenoxy) is 1. The largest absolute Gasteiger partial charge is 0.482 e. The van der Waals surface area contributed by atoms with Crippen molar-refractivity contribution in [3.8, 4) is 21.9 Å².